The van der Waals surface area contributed by atoms with Gasteiger partial charge in [0.25, 0.3) is 5.56 Å². The van der Waals surface area contributed by atoms with Crippen molar-refractivity contribution in [3.05, 3.63) is 56.6 Å². The van der Waals surface area contributed by atoms with Gasteiger partial charge in [0.15, 0.2) is 5.13 Å². The van der Waals surface area contributed by atoms with Gasteiger partial charge in [-0.05, 0) is 0 Å². The fourth-order valence-corrected chi connectivity index (χ4v) is 3.87. The van der Waals surface area contributed by atoms with Gasteiger partial charge in [0.1, 0.15) is 5.76 Å². The SMILES string of the molecule is CC(C)c1cnc(CSc2cnc(NC(=O)Cc3cc(=O)[nH]c(=O)[nH]3)s2)o1. The zero-order chi connectivity index (χ0) is 19.4. The summed E-state index contributed by atoms with van der Waals surface area (Å²) < 4.78 is 6.55. The van der Waals surface area contributed by atoms with Crippen LogP contribution in [0.25, 0.3) is 0 Å². The van der Waals surface area contributed by atoms with Gasteiger partial charge < -0.3 is 14.7 Å². The Kier molecular flexibility index (Phi) is 5.91. The molecule has 1 amide bonds. The first-order valence-electron chi connectivity index (χ1n) is 8.04. The van der Waals surface area contributed by atoms with E-state index in [0.717, 1.165) is 9.97 Å². The number of thioether (sulfide) groups is 1. The summed E-state index contributed by atoms with van der Waals surface area (Å²) in [4.78, 5) is 47.4. The van der Waals surface area contributed by atoms with Gasteiger partial charge in [0, 0.05) is 17.7 Å². The fourth-order valence-electron chi connectivity index (χ4n) is 2.13. The smallest absolute Gasteiger partial charge is 0.325 e. The molecule has 0 aliphatic heterocycles. The molecule has 3 N–H and O–H groups in total. The number of thiazole rings is 1. The molecule has 0 atom stereocenters. The fraction of sp³-hybridized carbons (Fsp3) is 0.312. The van der Waals surface area contributed by atoms with Gasteiger partial charge in [-0.15, -0.1) is 11.8 Å². The van der Waals surface area contributed by atoms with Crippen molar-refractivity contribution in [3.8, 4) is 0 Å². The summed E-state index contributed by atoms with van der Waals surface area (Å²) in [6, 6.07) is 1.17. The normalized spacial score (nSPS) is 11.1. The maximum absolute atomic E-state index is 12.0. The highest BCUT2D eigenvalue weighted by Gasteiger charge is 2.11. The van der Waals surface area contributed by atoms with Gasteiger partial charge in [-0.3, -0.25) is 14.6 Å². The Labute approximate surface area is 161 Å². The summed E-state index contributed by atoms with van der Waals surface area (Å²) in [6.45, 7) is 4.08. The number of nitrogens with zero attached hydrogens (tertiary/aromatic N) is 2. The molecule has 0 unspecified atom stereocenters. The van der Waals surface area contributed by atoms with E-state index in [0.29, 0.717) is 16.8 Å². The maximum atomic E-state index is 12.0. The van der Waals surface area contributed by atoms with Gasteiger partial charge in [-0.2, -0.15) is 0 Å². The van der Waals surface area contributed by atoms with Crippen molar-refractivity contribution in [1.29, 1.82) is 0 Å². The van der Waals surface area contributed by atoms with Crippen LogP contribution in [0.5, 0.6) is 0 Å². The van der Waals surface area contributed by atoms with Gasteiger partial charge in [0.05, 0.1) is 28.8 Å². The van der Waals surface area contributed by atoms with Crippen molar-refractivity contribution in [2.24, 2.45) is 0 Å². The van der Waals surface area contributed by atoms with Crippen molar-refractivity contribution < 1.29 is 9.21 Å². The first-order chi connectivity index (χ1) is 12.9. The van der Waals surface area contributed by atoms with Gasteiger partial charge in [-0.25, -0.2) is 14.8 Å². The Morgan fingerprint density at radius 3 is 2.81 bits per heavy atom. The summed E-state index contributed by atoms with van der Waals surface area (Å²) in [6.07, 6.45) is 3.26. The average molecular weight is 407 g/mol. The van der Waals surface area contributed by atoms with Gasteiger partial charge in [-0.1, -0.05) is 25.2 Å². The quantitative estimate of drug-likeness (QED) is 0.511. The lowest BCUT2D eigenvalue weighted by atomic mass is 10.2. The summed E-state index contributed by atoms with van der Waals surface area (Å²) in [5, 5.41) is 3.08. The number of aromatic amines is 2. The van der Waals surface area contributed by atoms with E-state index in [2.05, 4.69) is 20.3 Å². The van der Waals surface area contributed by atoms with Crippen LogP contribution in [0.2, 0.25) is 0 Å². The molecule has 0 aromatic carbocycles. The molecule has 0 spiro atoms. The van der Waals surface area contributed by atoms with E-state index in [1.165, 1.54) is 29.2 Å². The van der Waals surface area contributed by atoms with E-state index in [4.69, 9.17) is 4.42 Å². The third-order valence-electron chi connectivity index (χ3n) is 3.38. The van der Waals surface area contributed by atoms with Crippen LogP contribution in [0.15, 0.2) is 36.7 Å². The van der Waals surface area contributed by atoms with Crippen LogP contribution in [0.1, 0.15) is 37.1 Å². The monoisotopic (exact) mass is 407 g/mol. The zero-order valence-corrected chi connectivity index (χ0v) is 16.2. The third kappa shape index (κ3) is 5.41. The predicted octanol–water partition coefficient (Wildman–Crippen LogP) is 2.10. The van der Waals surface area contributed by atoms with Crippen LogP contribution in [-0.2, 0) is 17.0 Å². The molecule has 0 aliphatic rings. The van der Waals surface area contributed by atoms with Crippen LogP contribution < -0.4 is 16.6 Å². The topological polar surface area (TPSA) is 134 Å². The number of rotatable bonds is 7. The van der Waals surface area contributed by atoms with Crippen LogP contribution >= 0.6 is 23.1 Å². The van der Waals surface area contributed by atoms with Crippen LogP contribution in [0.3, 0.4) is 0 Å². The minimum absolute atomic E-state index is 0.129. The van der Waals surface area contributed by atoms with E-state index in [-0.39, 0.29) is 23.9 Å². The number of nitrogens with one attached hydrogen (secondary N) is 3. The minimum Gasteiger partial charge on any atom is -0.445 e. The highest BCUT2D eigenvalue weighted by Crippen LogP contribution is 2.31. The van der Waals surface area contributed by atoms with E-state index in [9.17, 15) is 14.4 Å². The molecule has 0 saturated heterocycles. The molecule has 3 rings (SSSR count). The van der Waals surface area contributed by atoms with Gasteiger partial charge >= 0.3 is 5.69 Å². The average Bonchev–Trinajstić information content (AvgIpc) is 3.21. The molecule has 11 heteroatoms. The zero-order valence-electron chi connectivity index (χ0n) is 14.6. The summed E-state index contributed by atoms with van der Waals surface area (Å²) >= 11 is 2.83. The summed E-state index contributed by atoms with van der Waals surface area (Å²) in [5.74, 6) is 1.96. The largest absolute Gasteiger partial charge is 0.445 e. The van der Waals surface area contributed by atoms with E-state index >= 15 is 0 Å². The molecule has 0 fully saturated rings. The first-order valence-corrected chi connectivity index (χ1v) is 9.85. The Morgan fingerprint density at radius 2 is 2.11 bits per heavy atom. The predicted molar refractivity (Wildman–Crippen MR) is 102 cm³/mol. The molecular weight excluding hydrogens is 390 g/mol. The van der Waals surface area contributed by atoms with Crippen molar-refractivity contribution in [2.75, 3.05) is 5.32 Å². The highest BCUT2D eigenvalue weighted by atomic mass is 32.2. The van der Waals surface area contributed by atoms with E-state index < -0.39 is 11.2 Å². The summed E-state index contributed by atoms with van der Waals surface area (Å²) in [5.41, 5.74) is -0.968. The lowest BCUT2D eigenvalue weighted by Crippen LogP contribution is -2.25. The van der Waals surface area contributed by atoms with E-state index in [1.54, 1.807) is 12.4 Å². The number of carbonyl (C=O) groups is 1. The second kappa shape index (κ2) is 8.35. The van der Waals surface area contributed by atoms with Crippen molar-refractivity contribution >= 4 is 34.1 Å². The Bertz CT molecular complexity index is 1020. The molecule has 3 heterocycles. The molecule has 0 radical (unpaired) electrons. The Hall–Kier alpha value is -2.66. The second-order valence-corrected chi connectivity index (χ2v) is 8.23. The number of hydrogen-bond acceptors (Lipinski definition) is 8. The molecule has 0 bridgehead atoms. The first kappa shape index (κ1) is 19.1. The number of oxazole rings is 1. The number of anilines is 1. The number of aromatic nitrogens is 4. The van der Waals surface area contributed by atoms with Crippen LogP contribution in [0.4, 0.5) is 5.13 Å². The van der Waals surface area contributed by atoms with Gasteiger partial charge in [0.2, 0.25) is 11.8 Å². The molecular formula is C16H17N5O4S2. The maximum Gasteiger partial charge on any atom is 0.325 e. The highest BCUT2D eigenvalue weighted by molar-refractivity contribution is 8.00. The molecule has 9 nitrogen and oxygen atoms in total. The van der Waals surface area contributed by atoms with Crippen molar-refractivity contribution in [1.82, 2.24) is 19.9 Å². The molecule has 27 heavy (non-hydrogen) atoms. The summed E-state index contributed by atoms with van der Waals surface area (Å²) in [7, 11) is 0. The Balaban J connectivity index is 1.54. The molecule has 0 saturated carbocycles. The van der Waals surface area contributed by atoms with E-state index in [1.807, 2.05) is 18.8 Å². The lowest BCUT2D eigenvalue weighted by molar-refractivity contribution is -0.115. The minimum atomic E-state index is -0.648. The molecule has 3 aromatic heterocycles. The standard InChI is InChI=1S/C16H17N5O4S2/c1-8(2)10-5-17-13(25-10)7-26-14-6-18-16(27-14)21-12(23)4-9-3-11(22)20-15(24)19-9/h3,5-6,8H,4,7H2,1-2H3,(H,18,21,23)(H2,19,20,22,24). The third-order valence-corrected chi connectivity index (χ3v) is 5.47. The van der Waals surface area contributed by atoms with Crippen LogP contribution in [-0.4, -0.2) is 25.8 Å². The number of hydrogen-bond donors (Lipinski definition) is 3. The van der Waals surface area contributed by atoms with Crippen LogP contribution in [0, 0.1) is 0 Å². The molecule has 3 aromatic rings. The number of carbonyl (C=O) groups excluding carboxylic acids is 1. The van der Waals surface area contributed by atoms with Crippen molar-refractivity contribution in [3.63, 3.8) is 0 Å². The van der Waals surface area contributed by atoms with Crippen molar-refractivity contribution in [2.45, 2.75) is 36.1 Å². The number of amides is 1. The molecule has 0 aliphatic carbocycles. The lowest BCUT2D eigenvalue weighted by Gasteiger charge is -2.01. The molecule has 142 valence electrons. The number of H-pyrrole nitrogens is 2. The Morgan fingerprint density at radius 1 is 1.30 bits per heavy atom. The second-order valence-electron chi connectivity index (χ2n) is 5.92.